The van der Waals surface area contributed by atoms with Crippen LogP contribution < -0.4 is 14.2 Å². The molecule has 9 nitrogen and oxygen atoms in total. The van der Waals surface area contributed by atoms with Crippen LogP contribution in [0.4, 0.5) is 0 Å². The van der Waals surface area contributed by atoms with E-state index in [2.05, 4.69) is 6.92 Å². The second-order valence-electron chi connectivity index (χ2n) is 13.1. The van der Waals surface area contributed by atoms with Gasteiger partial charge < -0.3 is 23.8 Å². The molecule has 0 bridgehead atoms. The number of carbonyl (C=O) groups is 3. The number of hydroxylamine groups is 2. The Morgan fingerprint density at radius 2 is 1.48 bits per heavy atom. The maximum absolute atomic E-state index is 13.1. The number of piperidine rings is 1. The molecule has 2 aliphatic heterocycles. The van der Waals surface area contributed by atoms with Crippen molar-refractivity contribution in [3.8, 4) is 17.2 Å². The molecule has 1 fully saturated rings. The molecular formula is C35H55NO8. The van der Waals surface area contributed by atoms with Crippen LogP contribution in [0.15, 0.2) is 12.1 Å². The maximum Gasteiger partial charge on any atom is 0.338 e. The third-order valence-electron chi connectivity index (χ3n) is 9.67. The number of benzene rings is 1. The fourth-order valence-corrected chi connectivity index (χ4v) is 6.65. The van der Waals surface area contributed by atoms with E-state index in [0.29, 0.717) is 31.6 Å². The molecule has 1 spiro atoms. The van der Waals surface area contributed by atoms with Crippen molar-refractivity contribution in [2.45, 2.75) is 156 Å². The highest BCUT2D eigenvalue weighted by molar-refractivity contribution is 5.91. The number of rotatable bonds is 16. The molecule has 0 aliphatic carbocycles. The second kappa shape index (κ2) is 15.5. The van der Waals surface area contributed by atoms with Crippen LogP contribution in [0.25, 0.3) is 0 Å². The Hall–Kier alpha value is -2.81. The maximum atomic E-state index is 13.1. The summed E-state index contributed by atoms with van der Waals surface area (Å²) in [6.07, 6.45) is 13.6. The van der Waals surface area contributed by atoms with Gasteiger partial charge in [-0.3, -0.25) is 9.59 Å². The number of esters is 2. The van der Waals surface area contributed by atoms with E-state index in [9.17, 15) is 14.4 Å². The van der Waals surface area contributed by atoms with Crippen LogP contribution in [0, 0.1) is 5.92 Å². The van der Waals surface area contributed by atoms with Gasteiger partial charge in [-0.1, -0.05) is 85.5 Å². The number of carbonyl (C=O) groups excluding carboxylic acids is 3. The van der Waals surface area contributed by atoms with Crippen LogP contribution in [0.1, 0.15) is 149 Å². The van der Waals surface area contributed by atoms with Gasteiger partial charge in [0, 0.05) is 20.3 Å². The van der Waals surface area contributed by atoms with E-state index < -0.39 is 28.8 Å². The van der Waals surface area contributed by atoms with E-state index in [4.69, 9.17) is 23.8 Å². The third kappa shape index (κ3) is 8.06. The molecule has 0 radical (unpaired) electrons. The first-order valence-corrected chi connectivity index (χ1v) is 16.8. The third-order valence-corrected chi connectivity index (χ3v) is 9.67. The van der Waals surface area contributed by atoms with Crippen LogP contribution in [-0.2, 0) is 19.2 Å². The number of fused-ring (bicyclic) bond motifs is 1. The van der Waals surface area contributed by atoms with Gasteiger partial charge in [0.2, 0.25) is 5.75 Å². The highest BCUT2D eigenvalue weighted by Crippen LogP contribution is 2.58. The molecule has 44 heavy (non-hydrogen) atoms. The highest BCUT2D eigenvalue weighted by atomic mass is 16.8. The van der Waals surface area contributed by atoms with Crippen LogP contribution >= 0.6 is 0 Å². The molecule has 0 saturated carbocycles. The predicted octanol–water partition coefficient (Wildman–Crippen LogP) is 8.31. The van der Waals surface area contributed by atoms with Gasteiger partial charge in [0.15, 0.2) is 11.5 Å². The summed E-state index contributed by atoms with van der Waals surface area (Å²) in [5.74, 6) is -2.16. The molecule has 0 amide bonds. The van der Waals surface area contributed by atoms with Crippen molar-refractivity contribution in [1.82, 2.24) is 5.06 Å². The number of hydrogen-bond donors (Lipinski definition) is 0. The quantitative estimate of drug-likeness (QED) is 0.103. The van der Waals surface area contributed by atoms with Gasteiger partial charge >= 0.3 is 17.9 Å². The van der Waals surface area contributed by atoms with Gasteiger partial charge in [-0.05, 0) is 45.2 Å². The van der Waals surface area contributed by atoms with Crippen molar-refractivity contribution in [3.05, 3.63) is 17.7 Å². The lowest BCUT2D eigenvalue weighted by atomic mass is 9.67. The lowest BCUT2D eigenvalue weighted by Crippen LogP contribution is -2.73. The molecule has 1 aromatic carbocycles. The molecule has 2 heterocycles. The average molecular weight is 618 g/mol. The molecule has 248 valence electrons. The molecular weight excluding hydrogens is 562 g/mol. The van der Waals surface area contributed by atoms with Crippen LogP contribution in [0.5, 0.6) is 17.2 Å². The average Bonchev–Trinajstić information content (AvgIpc) is 3.35. The number of ether oxygens (including phenoxy) is 4. The van der Waals surface area contributed by atoms with E-state index in [0.717, 1.165) is 19.3 Å². The van der Waals surface area contributed by atoms with Crippen molar-refractivity contribution >= 4 is 17.9 Å². The fraction of sp³-hybridized carbons (Fsp3) is 0.743. The minimum Gasteiger partial charge on any atom is -0.462 e. The second-order valence-corrected chi connectivity index (χ2v) is 13.1. The molecule has 4 unspecified atom stereocenters. The van der Waals surface area contributed by atoms with Gasteiger partial charge in [0.05, 0.1) is 29.2 Å². The van der Waals surface area contributed by atoms with Gasteiger partial charge in [-0.15, -0.1) is 5.06 Å². The minimum absolute atomic E-state index is 0.115. The van der Waals surface area contributed by atoms with Gasteiger partial charge in [0.1, 0.15) is 0 Å². The number of hydrogen-bond acceptors (Lipinski definition) is 9. The van der Waals surface area contributed by atoms with Crippen LogP contribution in [-0.4, -0.2) is 46.4 Å². The van der Waals surface area contributed by atoms with E-state index in [1.54, 1.807) is 6.07 Å². The predicted molar refractivity (Wildman–Crippen MR) is 169 cm³/mol. The number of unbranched alkanes of at least 4 members (excludes halogenated alkanes) is 9. The summed E-state index contributed by atoms with van der Waals surface area (Å²) < 4.78 is 24.4. The molecule has 0 aromatic heterocycles. The summed E-state index contributed by atoms with van der Waals surface area (Å²) in [6.45, 7) is 15.4. The number of nitrogens with zero attached hydrogens (tertiary/aromatic N) is 1. The molecule has 3 rings (SSSR count). The lowest BCUT2D eigenvalue weighted by Gasteiger charge is -2.60. The first kappa shape index (κ1) is 35.7. The summed E-state index contributed by atoms with van der Waals surface area (Å²) in [5, 5.41) is 1.82. The molecule has 9 heteroatoms. The summed E-state index contributed by atoms with van der Waals surface area (Å²) in [4.78, 5) is 43.1. The highest BCUT2D eigenvalue weighted by Gasteiger charge is 2.66. The van der Waals surface area contributed by atoms with Gasteiger partial charge in [-0.2, -0.15) is 0 Å². The largest absolute Gasteiger partial charge is 0.462 e. The summed E-state index contributed by atoms with van der Waals surface area (Å²) in [7, 11) is 0. The monoisotopic (exact) mass is 617 g/mol. The van der Waals surface area contributed by atoms with Gasteiger partial charge in [-0.25, -0.2) is 4.79 Å². The SMILES string of the molecule is CCCCCCCCCCCCOC(=O)c1cc(OC(C)=O)c2c(c1)OC1(CC(C)(CC)N(OC(C)=O)C(C)(CC)C1C)O2. The molecule has 1 aromatic rings. The topological polar surface area (TPSA) is 101 Å². The van der Waals surface area contributed by atoms with Gasteiger partial charge in [0.25, 0.3) is 5.79 Å². The van der Waals surface area contributed by atoms with Crippen LogP contribution in [0.3, 0.4) is 0 Å². The first-order valence-electron chi connectivity index (χ1n) is 16.8. The van der Waals surface area contributed by atoms with Crippen molar-refractivity contribution in [2.24, 2.45) is 5.92 Å². The lowest BCUT2D eigenvalue weighted by molar-refractivity contribution is -0.334. The van der Waals surface area contributed by atoms with Crippen LogP contribution in [0.2, 0.25) is 0 Å². The Morgan fingerprint density at radius 1 is 0.864 bits per heavy atom. The van der Waals surface area contributed by atoms with E-state index in [1.165, 1.54) is 64.9 Å². The molecule has 4 atom stereocenters. The minimum atomic E-state index is -1.15. The fourth-order valence-electron chi connectivity index (χ4n) is 6.65. The van der Waals surface area contributed by atoms with E-state index >= 15 is 0 Å². The summed E-state index contributed by atoms with van der Waals surface area (Å²) >= 11 is 0. The van der Waals surface area contributed by atoms with E-state index in [-0.39, 0.29) is 28.9 Å². The van der Waals surface area contributed by atoms with Crippen molar-refractivity contribution in [3.63, 3.8) is 0 Å². The molecule has 1 saturated heterocycles. The Bertz CT molecular complexity index is 1150. The Labute approximate surface area is 264 Å². The Kier molecular flexibility index (Phi) is 12.5. The Balaban J connectivity index is 1.73. The normalized spacial score (nSPS) is 26.0. The van der Waals surface area contributed by atoms with Crippen molar-refractivity contribution < 1.29 is 38.2 Å². The zero-order valence-corrected chi connectivity index (χ0v) is 28.3. The first-order chi connectivity index (χ1) is 20.9. The standard InChI is InChI=1S/C35H55NO8/c1-9-12-13-14-15-16-17-18-19-20-21-40-32(39)28-22-29(41-26(5)37)31-30(23-28)42-35(43-31)24-33(7,10-2)36(44-27(6)38)34(8,11-3)25(35)4/h22-23,25H,9-21,24H2,1-8H3. The van der Waals surface area contributed by atoms with Crippen molar-refractivity contribution in [1.29, 1.82) is 0 Å². The van der Waals surface area contributed by atoms with Crippen molar-refractivity contribution in [2.75, 3.05) is 6.61 Å². The zero-order chi connectivity index (χ0) is 32.5. The summed E-state index contributed by atoms with van der Waals surface area (Å²) in [6, 6.07) is 3.09. The molecule has 2 aliphatic rings. The molecule has 0 N–H and O–H groups in total. The Morgan fingerprint density at radius 3 is 2.02 bits per heavy atom. The zero-order valence-electron chi connectivity index (χ0n) is 28.3. The smallest absolute Gasteiger partial charge is 0.338 e. The van der Waals surface area contributed by atoms with E-state index in [1.807, 2.05) is 39.7 Å². The summed E-state index contributed by atoms with van der Waals surface area (Å²) in [5.41, 5.74) is -1.03.